The normalized spacial score (nSPS) is 11.4. The van der Waals surface area contributed by atoms with Crippen LogP contribution in [0.25, 0.3) is 11.5 Å². The highest BCUT2D eigenvalue weighted by Gasteiger charge is 2.29. The van der Waals surface area contributed by atoms with E-state index in [0.717, 1.165) is 24.3 Å². The summed E-state index contributed by atoms with van der Waals surface area (Å²) in [5, 5.41) is 2.32. The predicted molar refractivity (Wildman–Crippen MR) is 103 cm³/mol. The molecule has 0 atom stereocenters. The average Bonchev–Trinajstić information content (AvgIpc) is 3.15. The lowest BCUT2D eigenvalue weighted by Gasteiger charge is -2.06. The summed E-state index contributed by atoms with van der Waals surface area (Å²) in [5.41, 5.74) is 0.702. The van der Waals surface area contributed by atoms with Gasteiger partial charge in [-0.05, 0) is 72.8 Å². The van der Waals surface area contributed by atoms with Gasteiger partial charge in [-0.1, -0.05) is 0 Å². The van der Waals surface area contributed by atoms with Crippen LogP contribution in [0.3, 0.4) is 0 Å². The van der Waals surface area contributed by atoms with Gasteiger partial charge in [-0.25, -0.2) is 21.6 Å². The van der Waals surface area contributed by atoms with E-state index in [-0.39, 0.29) is 16.7 Å². The van der Waals surface area contributed by atoms with Gasteiger partial charge in [0.2, 0.25) is 26.6 Å². The van der Waals surface area contributed by atoms with Crippen molar-refractivity contribution in [3.63, 3.8) is 0 Å². The van der Waals surface area contributed by atoms with Crippen LogP contribution in [0.5, 0.6) is 0 Å². The molecule has 0 saturated carbocycles. The van der Waals surface area contributed by atoms with Gasteiger partial charge in [0.05, 0.1) is 4.90 Å². The van der Waals surface area contributed by atoms with Crippen molar-refractivity contribution in [2.45, 2.75) is 9.92 Å². The van der Waals surface area contributed by atoms with Crippen molar-refractivity contribution >= 4 is 21.4 Å². The maximum atomic E-state index is 13.2. The molecule has 4 aromatic rings. The van der Waals surface area contributed by atoms with E-state index in [0.29, 0.717) is 11.3 Å². The van der Waals surface area contributed by atoms with Crippen LogP contribution in [0.1, 0.15) is 0 Å². The Kier molecular flexibility index (Phi) is 5.04. The third-order valence-corrected chi connectivity index (χ3v) is 5.85. The Morgan fingerprint density at radius 3 is 1.80 bits per heavy atom. The van der Waals surface area contributed by atoms with Gasteiger partial charge in [0.25, 0.3) is 0 Å². The van der Waals surface area contributed by atoms with E-state index < -0.39 is 32.3 Å². The monoisotopic (exact) mass is 430 g/mol. The first-order valence-electron chi connectivity index (χ1n) is 8.63. The smallest absolute Gasteiger partial charge is 0.238 e. The number of hydrogen-bond acceptors (Lipinski definition) is 5. The highest BCUT2D eigenvalue weighted by atomic mass is 32.2. The van der Waals surface area contributed by atoms with Crippen molar-refractivity contribution in [3.8, 4) is 11.5 Å². The van der Waals surface area contributed by atoms with Crippen molar-refractivity contribution in [3.05, 3.63) is 90.2 Å². The number of rotatable bonds is 5. The van der Waals surface area contributed by atoms with Crippen molar-refractivity contribution in [2.24, 2.45) is 0 Å². The van der Waals surface area contributed by atoms with Gasteiger partial charge in [0.15, 0.2) is 0 Å². The summed E-state index contributed by atoms with van der Waals surface area (Å²) in [6.07, 6.45) is 0. The number of sulfone groups is 1. The molecule has 9 heteroatoms. The summed E-state index contributed by atoms with van der Waals surface area (Å²) in [6, 6.07) is 14.5. The summed E-state index contributed by atoms with van der Waals surface area (Å²) in [4.78, 5) is 3.90. The molecular weight excluding hydrogens is 417 g/mol. The summed E-state index contributed by atoms with van der Waals surface area (Å²) in [7, 11) is -4.19. The second-order valence-electron chi connectivity index (χ2n) is 6.25. The largest absolute Gasteiger partial charge is 0.419 e. The molecule has 152 valence electrons. The SMILES string of the molecule is O=S(=O)(c1ccc(F)cc1)c1nc(-c2ccc(F)cc2)oc1Nc1ccc(F)cc1. The molecule has 3 aromatic carbocycles. The van der Waals surface area contributed by atoms with E-state index in [1.807, 2.05) is 0 Å². The molecule has 1 N–H and O–H groups in total. The first kappa shape index (κ1) is 19.7. The first-order valence-corrected chi connectivity index (χ1v) is 10.1. The Bertz CT molecular complexity index is 1290. The van der Waals surface area contributed by atoms with Gasteiger partial charge in [-0.3, -0.25) is 0 Å². The van der Waals surface area contributed by atoms with Crippen LogP contribution in [-0.4, -0.2) is 13.4 Å². The van der Waals surface area contributed by atoms with Gasteiger partial charge in [0, 0.05) is 11.3 Å². The molecule has 0 aliphatic heterocycles. The number of oxazole rings is 1. The fourth-order valence-electron chi connectivity index (χ4n) is 2.67. The molecule has 0 spiro atoms. The Balaban J connectivity index is 1.83. The minimum absolute atomic E-state index is 0.0692. The Labute approximate surface area is 169 Å². The number of aromatic nitrogens is 1. The zero-order valence-corrected chi connectivity index (χ0v) is 16.0. The molecule has 0 aliphatic carbocycles. The lowest BCUT2D eigenvalue weighted by atomic mass is 10.2. The molecule has 4 rings (SSSR count). The maximum absolute atomic E-state index is 13.2. The van der Waals surface area contributed by atoms with Crippen LogP contribution in [0, 0.1) is 17.5 Å². The molecule has 30 heavy (non-hydrogen) atoms. The molecule has 1 heterocycles. The quantitative estimate of drug-likeness (QED) is 0.433. The van der Waals surface area contributed by atoms with Crippen LogP contribution in [-0.2, 0) is 9.84 Å². The van der Waals surface area contributed by atoms with Crippen molar-refractivity contribution in [1.82, 2.24) is 4.98 Å². The van der Waals surface area contributed by atoms with Gasteiger partial charge < -0.3 is 9.73 Å². The maximum Gasteiger partial charge on any atom is 0.238 e. The van der Waals surface area contributed by atoms with E-state index in [2.05, 4.69) is 10.3 Å². The standard InChI is InChI=1S/C21H13F3N2O3S/c22-14-3-1-13(2-4-14)19-26-21(30(27,28)18-11-7-16(24)8-12-18)20(29-19)25-17-9-5-15(23)6-10-17/h1-12,25H. The number of anilines is 2. The molecule has 0 aliphatic rings. The van der Waals surface area contributed by atoms with Gasteiger partial charge in [0.1, 0.15) is 17.5 Å². The highest BCUT2D eigenvalue weighted by molar-refractivity contribution is 7.91. The van der Waals surface area contributed by atoms with E-state index in [9.17, 15) is 21.6 Å². The summed E-state index contributed by atoms with van der Waals surface area (Å²) >= 11 is 0. The Morgan fingerprint density at radius 2 is 1.23 bits per heavy atom. The van der Waals surface area contributed by atoms with Crippen LogP contribution in [0.4, 0.5) is 24.7 Å². The van der Waals surface area contributed by atoms with Crippen molar-refractivity contribution in [1.29, 1.82) is 0 Å². The molecule has 0 bridgehead atoms. The lowest BCUT2D eigenvalue weighted by molar-refractivity contribution is 0.581. The van der Waals surface area contributed by atoms with E-state index in [1.54, 1.807) is 0 Å². The third kappa shape index (κ3) is 3.92. The number of halogens is 3. The number of nitrogens with zero attached hydrogens (tertiary/aromatic N) is 1. The summed E-state index contributed by atoms with van der Waals surface area (Å²) in [6.45, 7) is 0. The number of hydrogen-bond donors (Lipinski definition) is 1. The summed E-state index contributed by atoms with van der Waals surface area (Å²) in [5.74, 6) is -1.82. The lowest BCUT2D eigenvalue weighted by Crippen LogP contribution is -2.05. The van der Waals surface area contributed by atoms with Gasteiger partial charge in [-0.2, -0.15) is 4.98 Å². The fraction of sp³-hybridized carbons (Fsp3) is 0. The van der Waals surface area contributed by atoms with Crippen LogP contribution < -0.4 is 5.32 Å². The van der Waals surface area contributed by atoms with Crippen LogP contribution in [0.15, 0.2) is 87.1 Å². The third-order valence-electron chi connectivity index (χ3n) is 4.17. The van der Waals surface area contributed by atoms with Crippen molar-refractivity contribution < 1.29 is 26.0 Å². The van der Waals surface area contributed by atoms with Gasteiger partial charge in [-0.15, -0.1) is 0 Å². The minimum Gasteiger partial charge on any atom is -0.419 e. The molecule has 0 amide bonds. The average molecular weight is 430 g/mol. The summed E-state index contributed by atoms with van der Waals surface area (Å²) < 4.78 is 71.5. The predicted octanol–water partition coefficient (Wildman–Crippen LogP) is 5.34. The highest BCUT2D eigenvalue weighted by Crippen LogP contribution is 2.34. The molecular formula is C21H13F3N2O3S. The Hall–Kier alpha value is -3.59. The second-order valence-corrected chi connectivity index (χ2v) is 8.11. The molecule has 0 saturated heterocycles. The van der Waals surface area contributed by atoms with E-state index in [4.69, 9.17) is 4.42 Å². The molecule has 1 aromatic heterocycles. The number of nitrogens with one attached hydrogen (secondary N) is 1. The van der Waals surface area contributed by atoms with Crippen molar-refractivity contribution in [2.75, 3.05) is 5.32 Å². The minimum atomic E-state index is -4.19. The molecule has 0 unspecified atom stereocenters. The molecule has 0 radical (unpaired) electrons. The Morgan fingerprint density at radius 1 is 0.733 bits per heavy atom. The molecule has 0 fully saturated rings. The zero-order valence-electron chi connectivity index (χ0n) is 15.1. The van der Waals surface area contributed by atoms with E-state index >= 15 is 0 Å². The second kappa shape index (κ2) is 7.68. The fourth-order valence-corrected chi connectivity index (χ4v) is 3.93. The van der Waals surface area contributed by atoms with Gasteiger partial charge >= 0.3 is 0 Å². The first-order chi connectivity index (χ1) is 14.3. The zero-order chi connectivity index (χ0) is 21.3. The number of benzene rings is 3. The van der Waals surface area contributed by atoms with E-state index in [1.165, 1.54) is 48.5 Å². The van der Waals surface area contributed by atoms with Crippen LogP contribution >= 0.6 is 0 Å². The topological polar surface area (TPSA) is 72.2 Å². The van der Waals surface area contributed by atoms with Crippen LogP contribution in [0.2, 0.25) is 0 Å². The molecule has 5 nitrogen and oxygen atoms in total.